The highest BCUT2D eigenvalue weighted by atomic mass is 79.9. The molecule has 1 atom stereocenters. The molecule has 1 spiro atoms. The van der Waals surface area contributed by atoms with E-state index in [9.17, 15) is 13.6 Å². The molecule has 0 aromatic heterocycles. The second-order valence-electron chi connectivity index (χ2n) is 6.22. The van der Waals surface area contributed by atoms with E-state index in [1.54, 1.807) is 12.1 Å². The van der Waals surface area contributed by atoms with Gasteiger partial charge in [0.2, 0.25) is 5.91 Å². The number of benzene rings is 1. The molecule has 2 aliphatic rings. The summed E-state index contributed by atoms with van der Waals surface area (Å²) < 4.78 is 30.2. The van der Waals surface area contributed by atoms with Crippen molar-refractivity contribution in [1.82, 2.24) is 10.6 Å². The van der Waals surface area contributed by atoms with Gasteiger partial charge in [-0.3, -0.25) is 4.79 Å². The summed E-state index contributed by atoms with van der Waals surface area (Å²) in [6.45, 7) is -0.776. The lowest BCUT2D eigenvalue weighted by Gasteiger charge is -2.23. The number of alkyl halides is 2. The molecule has 1 aliphatic heterocycles. The van der Waals surface area contributed by atoms with Crippen LogP contribution in [0.3, 0.4) is 0 Å². The van der Waals surface area contributed by atoms with Gasteiger partial charge in [0.25, 0.3) is 0 Å². The number of amides is 1. The van der Waals surface area contributed by atoms with Crippen molar-refractivity contribution in [2.75, 3.05) is 13.1 Å². The minimum atomic E-state index is -2.88. The summed E-state index contributed by atoms with van der Waals surface area (Å²) in [6, 6.07) is 4.79. The van der Waals surface area contributed by atoms with Gasteiger partial charge in [-0.2, -0.15) is 8.78 Å². The highest BCUT2D eigenvalue weighted by molar-refractivity contribution is 9.10. The van der Waals surface area contributed by atoms with E-state index in [0.29, 0.717) is 5.56 Å². The van der Waals surface area contributed by atoms with Gasteiger partial charge in [-0.1, -0.05) is 15.9 Å². The molecule has 1 heterocycles. The number of piperidine rings is 1. The minimum absolute atomic E-state index is 0.00914. The highest BCUT2D eigenvalue weighted by Gasteiger charge is 2.57. The molecule has 1 unspecified atom stereocenters. The largest absolute Gasteiger partial charge is 0.434 e. The molecular weight excluding hydrogens is 370 g/mol. The van der Waals surface area contributed by atoms with Crippen LogP contribution in [0.4, 0.5) is 8.78 Å². The zero-order chi connectivity index (χ0) is 16.4. The number of carbonyl (C=O) groups excluding carboxylic acids is 1. The molecule has 23 heavy (non-hydrogen) atoms. The van der Waals surface area contributed by atoms with Crippen molar-refractivity contribution in [2.45, 2.75) is 32.4 Å². The smallest absolute Gasteiger partial charge is 0.387 e. The number of ether oxygens (including phenoxy) is 1. The Labute approximate surface area is 142 Å². The van der Waals surface area contributed by atoms with E-state index in [1.807, 2.05) is 0 Å². The number of halogens is 3. The minimum Gasteiger partial charge on any atom is -0.434 e. The van der Waals surface area contributed by atoms with Crippen molar-refractivity contribution in [3.63, 3.8) is 0 Å². The Morgan fingerprint density at radius 2 is 2.17 bits per heavy atom. The molecule has 2 N–H and O–H groups in total. The van der Waals surface area contributed by atoms with Crippen LogP contribution in [-0.4, -0.2) is 25.6 Å². The molecule has 1 aromatic carbocycles. The lowest BCUT2D eigenvalue weighted by atomic mass is 9.92. The van der Waals surface area contributed by atoms with Crippen LogP contribution in [0.15, 0.2) is 22.7 Å². The van der Waals surface area contributed by atoms with Crippen LogP contribution < -0.4 is 15.4 Å². The Bertz CT molecular complexity index is 591. The van der Waals surface area contributed by atoms with Crippen LogP contribution in [0.2, 0.25) is 0 Å². The second kappa shape index (κ2) is 6.73. The molecule has 1 amide bonds. The molecular formula is C16H19BrF2N2O2. The quantitative estimate of drug-likeness (QED) is 0.814. The summed E-state index contributed by atoms with van der Waals surface area (Å²) >= 11 is 3.31. The van der Waals surface area contributed by atoms with Crippen LogP contribution in [0, 0.1) is 11.3 Å². The first kappa shape index (κ1) is 16.6. The zero-order valence-electron chi connectivity index (χ0n) is 12.6. The second-order valence-corrected chi connectivity index (χ2v) is 7.13. The first-order valence-electron chi connectivity index (χ1n) is 7.72. The van der Waals surface area contributed by atoms with Crippen LogP contribution in [0.5, 0.6) is 5.75 Å². The Morgan fingerprint density at radius 3 is 2.87 bits per heavy atom. The Kier molecular flexibility index (Phi) is 4.87. The molecule has 1 aliphatic carbocycles. The van der Waals surface area contributed by atoms with Gasteiger partial charge in [0.1, 0.15) is 5.75 Å². The van der Waals surface area contributed by atoms with E-state index in [4.69, 9.17) is 0 Å². The number of nitrogens with one attached hydrogen (secondary N) is 2. The van der Waals surface area contributed by atoms with Gasteiger partial charge in [-0.05, 0) is 56.0 Å². The average Bonchev–Trinajstić information content (AvgIpc) is 3.20. The van der Waals surface area contributed by atoms with Gasteiger partial charge in [0.15, 0.2) is 0 Å². The van der Waals surface area contributed by atoms with E-state index < -0.39 is 6.61 Å². The average molecular weight is 389 g/mol. The summed E-state index contributed by atoms with van der Waals surface area (Å²) in [7, 11) is 0. The maximum atomic E-state index is 12.4. The fourth-order valence-electron chi connectivity index (χ4n) is 3.40. The lowest BCUT2D eigenvalue weighted by molar-refractivity contribution is -0.123. The molecule has 0 bridgehead atoms. The van der Waals surface area contributed by atoms with Crippen molar-refractivity contribution in [3.05, 3.63) is 28.2 Å². The predicted octanol–water partition coefficient (Wildman–Crippen LogP) is 3.06. The van der Waals surface area contributed by atoms with Crippen molar-refractivity contribution in [2.24, 2.45) is 11.3 Å². The zero-order valence-corrected chi connectivity index (χ0v) is 14.2. The fraction of sp³-hybridized carbons (Fsp3) is 0.562. The van der Waals surface area contributed by atoms with Crippen molar-refractivity contribution < 1.29 is 18.3 Å². The highest BCUT2D eigenvalue weighted by Crippen LogP contribution is 2.58. The van der Waals surface area contributed by atoms with Crippen LogP contribution >= 0.6 is 15.9 Å². The van der Waals surface area contributed by atoms with Crippen molar-refractivity contribution in [3.8, 4) is 5.75 Å². The van der Waals surface area contributed by atoms with Crippen molar-refractivity contribution in [1.29, 1.82) is 0 Å². The number of hydrogen-bond acceptors (Lipinski definition) is 3. The molecule has 3 rings (SSSR count). The molecule has 7 heteroatoms. The topological polar surface area (TPSA) is 50.4 Å². The SMILES string of the molecule is O=C(NCc1cc(Br)ccc1OC(F)F)C1CC12CCNCC2. The van der Waals surface area contributed by atoms with E-state index in [0.717, 1.165) is 36.8 Å². The lowest BCUT2D eigenvalue weighted by Crippen LogP contribution is -2.33. The molecule has 1 saturated heterocycles. The third kappa shape index (κ3) is 3.83. The maximum Gasteiger partial charge on any atom is 0.387 e. The van der Waals surface area contributed by atoms with Gasteiger partial charge >= 0.3 is 6.61 Å². The summed E-state index contributed by atoms with van der Waals surface area (Å²) in [6.07, 6.45) is 2.99. The Morgan fingerprint density at radius 1 is 1.43 bits per heavy atom. The number of hydrogen-bond donors (Lipinski definition) is 2. The van der Waals surface area contributed by atoms with Crippen LogP contribution in [0.1, 0.15) is 24.8 Å². The Balaban J connectivity index is 1.60. The van der Waals surface area contributed by atoms with Gasteiger partial charge in [-0.25, -0.2) is 0 Å². The number of rotatable bonds is 5. The molecule has 4 nitrogen and oxygen atoms in total. The van der Waals surface area contributed by atoms with E-state index in [-0.39, 0.29) is 29.5 Å². The van der Waals surface area contributed by atoms with Crippen LogP contribution in [-0.2, 0) is 11.3 Å². The normalized spacial score (nSPS) is 22.2. The molecule has 1 aromatic rings. The summed E-state index contributed by atoms with van der Waals surface area (Å²) in [5, 5.41) is 6.17. The third-order valence-electron chi connectivity index (χ3n) is 4.80. The first-order chi connectivity index (χ1) is 11.0. The summed E-state index contributed by atoms with van der Waals surface area (Å²) in [5.41, 5.74) is 0.697. The van der Waals surface area contributed by atoms with E-state index >= 15 is 0 Å². The third-order valence-corrected chi connectivity index (χ3v) is 5.29. The molecule has 1 saturated carbocycles. The van der Waals surface area contributed by atoms with E-state index in [1.165, 1.54) is 6.07 Å². The fourth-order valence-corrected chi connectivity index (χ4v) is 3.81. The van der Waals surface area contributed by atoms with Gasteiger partial charge in [0.05, 0.1) is 0 Å². The van der Waals surface area contributed by atoms with Gasteiger partial charge in [-0.15, -0.1) is 0 Å². The number of carbonyl (C=O) groups is 1. The van der Waals surface area contributed by atoms with Gasteiger partial charge in [0, 0.05) is 22.5 Å². The molecule has 126 valence electrons. The maximum absolute atomic E-state index is 12.4. The van der Waals surface area contributed by atoms with Gasteiger partial charge < -0.3 is 15.4 Å². The molecule has 0 radical (unpaired) electrons. The summed E-state index contributed by atoms with van der Waals surface area (Å²) in [4.78, 5) is 12.3. The molecule has 2 fully saturated rings. The first-order valence-corrected chi connectivity index (χ1v) is 8.51. The summed E-state index contributed by atoms with van der Waals surface area (Å²) in [5.74, 6) is 0.155. The van der Waals surface area contributed by atoms with Crippen LogP contribution in [0.25, 0.3) is 0 Å². The monoisotopic (exact) mass is 388 g/mol. The predicted molar refractivity (Wildman–Crippen MR) is 85.3 cm³/mol. The van der Waals surface area contributed by atoms with E-state index in [2.05, 4.69) is 31.3 Å². The standard InChI is InChI=1S/C16H19BrF2N2O2/c17-11-1-2-13(23-15(18)19)10(7-11)9-21-14(22)12-8-16(12)3-5-20-6-4-16/h1-2,7,12,15,20H,3-6,8-9H2,(H,21,22). The van der Waals surface area contributed by atoms with Crippen molar-refractivity contribution >= 4 is 21.8 Å². The Hall–Kier alpha value is -1.21.